The number of hydrogen-bond donors (Lipinski definition) is 0. The van der Waals surface area contributed by atoms with Crippen LogP contribution in [0.4, 0.5) is 5.69 Å². The summed E-state index contributed by atoms with van der Waals surface area (Å²) in [5, 5.41) is 0. The lowest BCUT2D eigenvalue weighted by Gasteiger charge is -2.36. The summed E-state index contributed by atoms with van der Waals surface area (Å²) in [5.74, 6) is 0. The third kappa shape index (κ3) is 4.81. The summed E-state index contributed by atoms with van der Waals surface area (Å²) in [4.78, 5) is 0. The Morgan fingerprint density at radius 1 is 0.652 bits per heavy atom. The summed E-state index contributed by atoms with van der Waals surface area (Å²) in [6.45, 7) is 22.5. The molecule has 23 heavy (non-hydrogen) atoms. The highest BCUT2D eigenvalue weighted by molar-refractivity contribution is 5.44. The number of benzene rings is 1. The fraction of sp³-hybridized carbons (Fsp3) is 0.714. The molecule has 0 aromatic heterocycles. The Bertz CT molecular complexity index is 411. The second-order valence-electron chi connectivity index (χ2n) is 6.88. The van der Waals surface area contributed by atoms with Gasteiger partial charge >= 0.3 is 0 Å². The van der Waals surface area contributed by atoms with Crippen molar-refractivity contribution in [3.8, 4) is 0 Å². The van der Waals surface area contributed by atoms with E-state index in [1.165, 1.54) is 74.4 Å². The lowest BCUT2D eigenvalue weighted by Crippen LogP contribution is -2.48. The van der Waals surface area contributed by atoms with Gasteiger partial charge in [-0.25, -0.2) is 0 Å². The summed E-state index contributed by atoms with van der Waals surface area (Å²) < 4.78 is 2.36. The Morgan fingerprint density at radius 2 is 1.13 bits per heavy atom. The molecule has 0 saturated heterocycles. The molecule has 0 N–H and O–H groups in total. The van der Waals surface area contributed by atoms with Gasteiger partial charge in [0, 0.05) is 6.42 Å². The van der Waals surface area contributed by atoms with E-state index in [4.69, 9.17) is 0 Å². The zero-order valence-electron chi connectivity index (χ0n) is 16.6. The monoisotopic (exact) mass is 320 g/mol. The van der Waals surface area contributed by atoms with E-state index in [0.29, 0.717) is 0 Å². The fourth-order valence-corrected chi connectivity index (χ4v) is 3.96. The number of rotatable bonds is 11. The highest BCUT2D eigenvalue weighted by atomic mass is 15.3. The van der Waals surface area contributed by atoms with E-state index in [9.17, 15) is 0 Å². The minimum absolute atomic E-state index is 1.10. The van der Waals surface area contributed by atoms with Crippen LogP contribution in [0.15, 0.2) is 24.3 Å². The van der Waals surface area contributed by atoms with Gasteiger partial charge in [-0.05, 0) is 65.7 Å². The van der Waals surface area contributed by atoms with Crippen LogP contribution in [0.5, 0.6) is 0 Å². The molecule has 0 unspecified atom stereocenters. The molecule has 1 rings (SSSR count). The summed E-state index contributed by atoms with van der Waals surface area (Å²) >= 11 is 0. The van der Waals surface area contributed by atoms with E-state index < -0.39 is 0 Å². The molecule has 1 aromatic carbocycles. The van der Waals surface area contributed by atoms with E-state index in [0.717, 1.165) is 4.48 Å². The van der Waals surface area contributed by atoms with Crippen LogP contribution in [0.25, 0.3) is 0 Å². The van der Waals surface area contributed by atoms with Gasteiger partial charge in [-0.1, -0.05) is 12.1 Å². The van der Waals surface area contributed by atoms with Crippen LogP contribution in [-0.4, -0.2) is 50.3 Å². The molecule has 132 valence electrons. The van der Waals surface area contributed by atoms with Crippen LogP contribution in [0.1, 0.15) is 53.5 Å². The summed E-state index contributed by atoms with van der Waals surface area (Å²) in [6.07, 6.45) is 2.51. The van der Waals surface area contributed by atoms with E-state index in [-0.39, 0.29) is 0 Å². The molecule has 2 heteroatoms. The SMILES string of the molecule is CC[N+](CC)(CC)CCCc1ccc([N+](CC)(CC)CC)cc1. The van der Waals surface area contributed by atoms with Gasteiger partial charge in [0.15, 0.2) is 0 Å². The molecular formula is C21H40N2+2. The van der Waals surface area contributed by atoms with Crippen molar-refractivity contribution in [1.29, 1.82) is 0 Å². The maximum Gasteiger partial charge on any atom is 0.132 e. The summed E-state index contributed by atoms with van der Waals surface area (Å²) in [5.41, 5.74) is 2.97. The van der Waals surface area contributed by atoms with Crippen LogP contribution in [0.2, 0.25) is 0 Å². The molecule has 0 aliphatic carbocycles. The van der Waals surface area contributed by atoms with Gasteiger partial charge in [-0.2, -0.15) is 0 Å². The smallest absolute Gasteiger partial charge is 0.132 e. The maximum atomic E-state index is 2.37. The van der Waals surface area contributed by atoms with Crippen molar-refractivity contribution in [2.45, 2.75) is 54.4 Å². The van der Waals surface area contributed by atoms with Gasteiger partial charge < -0.3 is 4.48 Å². The molecule has 0 heterocycles. The molecule has 2 nitrogen and oxygen atoms in total. The largest absolute Gasteiger partial charge is 0.324 e. The molecule has 0 saturated carbocycles. The lowest BCUT2D eigenvalue weighted by atomic mass is 10.1. The summed E-state index contributed by atoms with van der Waals surface area (Å²) in [7, 11) is 0. The van der Waals surface area contributed by atoms with Gasteiger partial charge in [0.25, 0.3) is 0 Å². The zero-order chi connectivity index (χ0) is 17.3. The van der Waals surface area contributed by atoms with Crippen molar-refractivity contribution in [3.05, 3.63) is 29.8 Å². The predicted octanol–water partition coefficient (Wildman–Crippen LogP) is 4.86. The highest BCUT2D eigenvalue weighted by Gasteiger charge is 2.24. The van der Waals surface area contributed by atoms with Crippen LogP contribution in [0.3, 0.4) is 0 Å². The first kappa shape index (κ1) is 20.2. The molecule has 1 aromatic rings. The van der Waals surface area contributed by atoms with Crippen molar-refractivity contribution in [3.63, 3.8) is 0 Å². The van der Waals surface area contributed by atoms with Crippen LogP contribution in [-0.2, 0) is 6.42 Å². The number of hydrogen-bond acceptors (Lipinski definition) is 0. The van der Waals surface area contributed by atoms with Crippen LogP contribution < -0.4 is 4.48 Å². The van der Waals surface area contributed by atoms with Crippen molar-refractivity contribution in [2.24, 2.45) is 0 Å². The maximum absolute atomic E-state index is 2.37. The topological polar surface area (TPSA) is 0 Å². The van der Waals surface area contributed by atoms with Crippen LogP contribution >= 0.6 is 0 Å². The Labute approximate surface area is 145 Å². The Kier molecular flexibility index (Phi) is 8.28. The first-order valence-electron chi connectivity index (χ1n) is 9.85. The standard InChI is InChI=1S/C21H40N2/c1-7-22(8-2,9-3)19-13-14-20-15-17-21(18-16-20)23(10-4,11-5)12-6/h15-18H,7-14,19H2,1-6H3/q+2. The molecule has 0 radical (unpaired) electrons. The molecule has 0 aliphatic rings. The quantitative estimate of drug-likeness (QED) is 0.511. The molecule has 0 fully saturated rings. The van der Waals surface area contributed by atoms with Gasteiger partial charge in [-0.3, -0.25) is 4.48 Å². The lowest BCUT2D eigenvalue weighted by molar-refractivity contribution is -0.923. The predicted molar refractivity (Wildman–Crippen MR) is 105 cm³/mol. The van der Waals surface area contributed by atoms with Gasteiger partial charge in [0.2, 0.25) is 0 Å². The minimum Gasteiger partial charge on any atom is -0.324 e. The van der Waals surface area contributed by atoms with Gasteiger partial charge in [0.1, 0.15) is 5.69 Å². The molecule has 0 spiro atoms. The second kappa shape index (κ2) is 9.44. The molecule has 0 bridgehead atoms. The highest BCUT2D eigenvalue weighted by Crippen LogP contribution is 2.23. The van der Waals surface area contributed by atoms with Crippen molar-refractivity contribution >= 4 is 5.69 Å². The van der Waals surface area contributed by atoms with Gasteiger partial charge in [0.05, 0.1) is 45.8 Å². The van der Waals surface area contributed by atoms with Crippen molar-refractivity contribution in [2.75, 3.05) is 45.8 Å². The Morgan fingerprint density at radius 3 is 1.52 bits per heavy atom. The number of quaternary nitrogens is 2. The van der Waals surface area contributed by atoms with Gasteiger partial charge in [-0.15, -0.1) is 0 Å². The first-order valence-corrected chi connectivity index (χ1v) is 9.85. The van der Waals surface area contributed by atoms with Crippen molar-refractivity contribution < 1.29 is 4.48 Å². The van der Waals surface area contributed by atoms with E-state index in [2.05, 4.69) is 65.8 Å². The molecule has 0 amide bonds. The zero-order valence-corrected chi connectivity index (χ0v) is 16.6. The average Bonchev–Trinajstić information content (AvgIpc) is 2.62. The molecular weight excluding hydrogens is 280 g/mol. The minimum atomic E-state index is 1.10. The van der Waals surface area contributed by atoms with Crippen molar-refractivity contribution in [1.82, 2.24) is 4.48 Å². The molecule has 0 atom stereocenters. The third-order valence-electron chi connectivity index (χ3n) is 6.41. The average molecular weight is 321 g/mol. The van der Waals surface area contributed by atoms with Crippen LogP contribution in [0, 0.1) is 0 Å². The normalized spacial score (nSPS) is 12.6. The Hall–Kier alpha value is -0.860. The van der Waals surface area contributed by atoms with E-state index >= 15 is 0 Å². The van der Waals surface area contributed by atoms with E-state index in [1.54, 1.807) is 0 Å². The number of nitrogens with zero attached hydrogens (tertiary/aromatic N) is 2. The first-order chi connectivity index (χ1) is 11.0. The molecule has 0 aliphatic heterocycles. The number of aryl methyl sites for hydroxylation is 1. The third-order valence-corrected chi connectivity index (χ3v) is 6.41. The second-order valence-corrected chi connectivity index (χ2v) is 6.88. The summed E-state index contributed by atoms with van der Waals surface area (Å²) in [6, 6.07) is 9.46. The van der Waals surface area contributed by atoms with E-state index in [1.807, 2.05) is 0 Å². The fourth-order valence-electron chi connectivity index (χ4n) is 3.96. The Balaban J connectivity index is 2.68.